The summed E-state index contributed by atoms with van der Waals surface area (Å²) >= 11 is 0. The molecule has 0 aromatic heterocycles. The second-order valence-corrected chi connectivity index (χ2v) is 8.95. The van der Waals surface area contributed by atoms with Gasteiger partial charge >= 0.3 is 0 Å². The van der Waals surface area contributed by atoms with Crippen LogP contribution in [0, 0.1) is 12.3 Å². The van der Waals surface area contributed by atoms with Gasteiger partial charge < -0.3 is 40.2 Å². The molecule has 5 N–H and O–H groups in total. The average Bonchev–Trinajstić information content (AvgIpc) is 2.93. The third-order valence-corrected chi connectivity index (χ3v) is 6.50. The van der Waals surface area contributed by atoms with E-state index in [1.165, 1.54) is 30.2 Å². The lowest BCUT2D eigenvalue weighted by atomic mass is 10.0. The van der Waals surface area contributed by atoms with Crippen LogP contribution in [0.4, 0.5) is 11.4 Å². The molecule has 2 saturated heterocycles. The molecule has 12 nitrogen and oxygen atoms in total. The van der Waals surface area contributed by atoms with Crippen molar-refractivity contribution in [1.82, 2.24) is 4.90 Å². The van der Waals surface area contributed by atoms with Crippen LogP contribution in [-0.4, -0.2) is 92.3 Å². The van der Waals surface area contributed by atoms with Gasteiger partial charge in [0, 0.05) is 42.6 Å². The van der Waals surface area contributed by atoms with Crippen molar-refractivity contribution < 1.29 is 33.7 Å². The number of nitrogens with one attached hydrogen (secondary N) is 2. The summed E-state index contributed by atoms with van der Waals surface area (Å²) in [5.74, 6) is -1.53. The number of methoxy groups -OCH3 is 1. The van der Waals surface area contributed by atoms with Gasteiger partial charge in [0.05, 0.1) is 32.5 Å². The highest BCUT2D eigenvalue weighted by atomic mass is 16.5. The maximum absolute atomic E-state index is 13.3. The molecule has 0 saturated carbocycles. The van der Waals surface area contributed by atoms with Crippen molar-refractivity contribution in [1.29, 1.82) is 5.41 Å². The molecule has 2 aliphatic rings. The van der Waals surface area contributed by atoms with Crippen LogP contribution in [-0.2, 0) is 19.1 Å². The summed E-state index contributed by atoms with van der Waals surface area (Å²) in [6.07, 6.45) is -3.24. The third-order valence-electron chi connectivity index (χ3n) is 6.50. The molecule has 2 atom stereocenters. The average molecular weight is 526 g/mol. The summed E-state index contributed by atoms with van der Waals surface area (Å²) in [4.78, 5) is 42.3. The number of hydrogen-bond acceptors (Lipinski definition) is 8. The number of amidine groups is 1. The topological polar surface area (TPSA) is 168 Å². The van der Waals surface area contributed by atoms with Gasteiger partial charge in [-0.2, -0.15) is 0 Å². The molecule has 0 bridgehead atoms. The van der Waals surface area contributed by atoms with Crippen molar-refractivity contribution in [3.8, 4) is 5.75 Å². The Bertz CT molecular complexity index is 1240. The smallest absolute Gasteiger partial charge is 0.259 e. The van der Waals surface area contributed by atoms with Crippen LogP contribution in [0.5, 0.6) is 5.75 Å². The molecular weight excluding hydrogens is 494 g/mol. The standard InChI is InChI=1S/C26H31N5O7/c1-15-3-5-17(14-19(15)25(34)30-7-10-37-11-8-30)31-9-12-38-22(26(31)35)21(32)24(33)29-16-4-6-18(23(27)28)20(13-16)36-2/h3-6,13-14,21-22,32H,7-12H2,1-2H3,(H3,27,28)(H,29,33)/t21-,22-/m1/s1. The van der Waals surface area contributed by atoms with Gasteiger partial charge in [0.1, 0.15) is 11.6 Å². The maximum Gasteiger partial charge on any atom is 0.259 e. The number of rotatable bonds is 7. The zero-order chi connectivity index (χ0) is 27.4. The van der Waals surface area contributed by atoms with E-state index in [9.17, 15) is 19.5 Å². The predicted molar refractivity (Wildman–Crippen MR) is 139 cm³/mol. The number of aryl methyl sites for hydroxylation is 1. The summed E-state index contributed by atoms with van der Waals surface area (Å²) < 4.78 is 16.0. The van der Waals surface area contributed by atoms with Crippen molar-refractivity contribution in [2.75, 3.05) is 56.8 Å². The predicted octanol–water partition coefficient (Wildman–Crippen LogP) is 0.491. The van der Waals surface area contributed by atoms with E-state index in [1.807, 2.05) is 6.92 Å². The molecule has 2 aromatic rings. The van der Waals surface area contributed by atoms with Crippen LogP contribution >= 0.6 is 0 Å². The fraction of sp³-hybridized carbons (Fsp3) is 0.385. The Morgan fingerprint density at radius 2 is 1.87 bits per heavy atom. The van der Waals surface area contributed by atoms with Gasteiger partial charge in [-0.15, -0.1) is 0 Å². The number of benzene rings is 2. The second kappa shape index (κ2) is 11.6. The Kier molecular flexibility index (Phi) is 8.25. The van der Waals surface area contributed by atoms with Crippen LogP contribution in [0.25, 0.3) is 0 Å². The summed E-state index contributed by atoms with van der Waals surface area (Å²) in [5.41, 5.74) is 7.87. The zero-order valence-corrected chi connectivity index (χ0v) is 21.2. The molecule has 2 aliphatic heterocycles. The van der Waals surface area contributed by atoms with Gasteiger partial charge in [0.15, 0.2) is 12.2 Å². The SMILES string of the molecule is COc1cc(NC(=O)[C@H](O)[C@H]2OCCN(c3ccc(C)c(C(=O)N4CCOCC4)c3)C2=O)ccc1C(=N)N. The number of aliphatic hydroxyl groups excluding tert-OH is 1. The maximum atomic E-state index is 13.3. The van der Waals surface area contributed by atoms with E-state index in [4.69, 9.17) is 25.4 Å². The third kappa shape index (κ3) is 5.62. The van der Waals surface area contributed by atoms with Crippen LogP contribution in [0.1, 0.15) is 21.5 Å². The number of carbonyl (C=O) groups excluding carboxylic acids is 3. The molecule has 0 unspecified atom stereocenters. The van der Waals surface area contributed by atoms with E-state index in [1.54, 1.807) is 23.1 Å². The van der Waals surface area contributed by atoms with Gasteiger partial charge in [0.2, 0.25) is 0 Å². The molecule has 202 valence electrons. The number of ether oxygens (including phenoxy) is 3. The fourth-order valence-corrected chi connectivity index (χ4v) is 4.38. The number of nitrogens with zero attached hydrogens (tertiary/aromatic N) is 2. The molecular formula is C26H31N5O7. The summed E-state index contributed by atoms with van der Waals surface area (Å²) in [6, 6.07) is 9.60. The summed E-state index contributed by atoms with van der Waals surface area (Å²) in [7, 11) is 1.40. The van der Waals surface area contributed by atoms with E-state index in [2.05, 4.69) is 5.32 Å². The number of carbonyl (C=O) groups is 3. The Morgan fingerprint density at radius 1 is 1.13 bits per heavy atom. The first kappa shape index (κ1) is 27.0. The number of nitrogen functional groups attached to an aromatic ring is 1. The van der Waals surface area contributed by atoms with Gasteiger partial charge in [-0.1, -0.05) is 6.07 Å². The molecule has 3 amide bonds. The van der Waals surface area contributed by atoms with Crippen molar-refractivity contribution in [3.05, 3.63) is 53.1 Å². The van der Waals surface area contributed by atoms with E-state index in [0.717, 1.165) is 5.56 Å². The molecule has 4 rings (SSSR count). The zero-order valence-electron chi connectivity index (χ0n) is 21.2. The molecule has 38 heavy (non-hydrogen) atoms. The Labute approximate surface area is 219 Å². The number of nitrogens with two attached hydrogens (primary N) is 1. The van der Waals surface area contributed by atoms with Crippen LogP contribution in [0.2, 0.25) is 0 Å². The number of hydrogen-bond donors (Lipinski definition) is 4. The summed E-state index contributed by atoms with van der Waals surface area (Å²) in [6.45, 7) is 4.04. The lowest BCUT2D eigenvalue weighted by Gasteiger charge is -2.34. The fourth-order valence-electron chi connectivity index (χ4n) is 4.38. The second-order valence-electron chi connectivity index (χ2n) is 8.95. The molecule has 0 spiro atoms. The Morgan fingerprint density at radius 3 is 2.55 bits per heavy atom. The molecule has 2 aromatic carbocycles. The number of amides is 3. The number of aliphatic hydroxyl groups is 1. The van der Waals surface area contributed by atoms with Crippen LogP contribution in [0.3, 0.4) is 0 Å². The Hall–Kier alpha value is -4.00. The number of morpholine rings is 2. The van der Waals surface area contributed by atoms with Crippen molar-refractivity contribution >= 4 is 34.9 Å². The highest BCUT2D eigenvalue weighted by molar-refractivity contribution is 6.05. The number of anilines is 2. The van der Waals surface area contributed by atoms with E-state index >= 15 is 0 Å². The van der Waals surface area contributed by atoms with Crippen molar-refractivity contribution in [3.63, 3.8) is 0 Å². The Balaban J connectivity index is 1.49. The highest BCUT2D eigenvalue weighted by Crippen LogP contribution is 2.26. The minimum atomic E-state index is -1.80. The van der Waals surface area contributed by atoms with Gasteiger partial charge in [-0.05, 0) is 36.8 Å². The lowest BCUT2D eigenvalue weighted by Crippen LogP contribution is -2.55. The first-order valence-electron chi connectivity index (χ1n) is 12.1. The first-order chi connectivity index (χ1) is 18.2. The minimum absolute atomic E-state index is 0.0858. The van der Waals surface area contributed by atoms with E-state index in [-0.39, 0.29) is 36.3 Å². The van der Waals surface area contributed by atoms with Crippen LogP contribution < -0.4 is 20.7 Å². The monoisotopic (exact) mass is 525 g/mol. The normalized spacial score (nSPS) is 18.6. The minimum Gasteiger partial charge on any atom is -0.496 e. The highest BCUT2D eigenvalue weighted by Gasteiger charge is 2.39. The first-order valence-corrected chi connectivity index (χ1v) is 12.1. The van der Waals surface area contributed by atoms with Crippen molar-refractivity contribution in [2.24, 2.45) is 5.73 Å². The molecule has 12 heteroatoms. The lowest BCUT2D eigenvalue weighted by molar-refractivity contribution is -0.150. The van der Waals surface area contributed by atoms with Crippen molar-refractivity contribution in [2.45, 2.75) is 19.1 Å². The van der Waals surface area contributed by atoms with Crippen LogP contribution in [0.15, 0.2) is 36.4 Å². The molecule has 2 fully saturated rings. The van der Waals surface area contributed by atoms with Gasteiger partial charge in [-0.3, -0.25) is 19.8 Å². The van der Waals surface area contributed by atoms with E-state index < -0.39 is 24.0 Å². The molecule has 2 heterocycles. The molecule has 0 radical (unpaired) electrons. The molecule has 0 aliphatic carbocycles. The van der Waals surface area contributed by atoms with E-state index in [0.29, 0.717) is 43.1 Å². The summed E-state index contributed by atoms with van der Waals surface area (Å²) in [5, 5.41) is 20.8. The quantitative estimate of drug-likeness (QED) is 0.299. The largest absolute Gasteiger partial charge is 0.496 e. The van der Waals surface area contributed by atoms with Gasteiger partial charge in [-0.25, -0.2) is 0 Å². The van der Waals surface area contributed by atoms with Gasteiger partial charge in [0.25, 0.3) is 17.7 Å².